The minimum absolute atomic E-state index is 0.261. The summed E-state index contributed by atoms with van der Waals surface area (Å²) in [5.41, 5.74) is 0. The number of aromatic nitrogens is 1. The number of nitrogens with one attached hydrogen (secondary N) is 1. The highest BCUT2D eigenvalue weighted by atomic mass is 35.5. The van der Waals surface area contributed by atoms with Crippen LogP contribution in [0, 0.1) is 5.92 Å². The lowest BCUT2D eigenvalue weighted by atomic mass is 9.85. The van der Waals surface area contributed by atoms with Crippen LogP contribution in [-0.4, -0.2) is 22.7 Å². The van der Waals surface area contributed by atoms with Gasteiger partial charge in [-0.15, -0.1) is 11.3 Å². The highest BCUT2D eigenvalue weighted by molar-refractivity contribution is 7.14. The molecule has 1 saturated carbocycles. The third kappa shape index (κ3) is 2.83. The molecule has 0 aromatic carbocycles. The molecule has 2 unspecified atom stereocenters. The summed E-state index contributed by atoms with van der Waals surface area (Å²) in [5.74, 6) is 0.362. The lowest BCUT2D eigenvalue weighted by molar-refractivity contribution is 0.178. The van der Waals surface area contributed by atoms with E-state index in [1.54, 1.807) is 0 Å². The van der Waals surface area contributed by atoms with E-state index in [2.05, 4.69) is 10.3 Å². The van der Waals surface area contributed by atoms with Gasteiger partial charge in [0.1, 0.15) is 5.15 Å². The van der Waals surface area contributed by atoms with E-state index in [4.69, 9.17) is 11.6 Å². The summed E-state index contributed by atoms with van der Waals surface area (Å²) >= 11 is 7.28. The minimum Gasteiger partial charge on any atom is -0.396 e. The number of hydrogen-bond acceptors (Lipinski definition) is 4. The van der Waals surface area contributed by atoms with Crippen molar-refractivity contribution in [3.05, 3.63) is 10.5 Å². The average molecular weight is 247 g/mol. The van der Waals surface area contributed by atoms with Gasteiger partial charge in [0.15, 0.2) is 5.13 Å². The van der Waals surface area contributed by atoms with Crippen LogP contribution in [0.1, 0.15) is 25.7 Å². The molecule has 2 N–H and O–H groups in total. The van der Waals surface area contributed by atoms with E-state index >= 15 is 0 Å². The first-order valence-corrected chi connectivity index (χ1v) is 6.54. The first-order valence-electron chi connectivity index (χ1n) is 5.28. The van der Waals surface area contributed by atoms with E-state index in [1.165, 1.54) is 24.2 Å². The van der Waals surface area contributed by atoms with Gasteiger partial charge in [0.2, 0.25) is 0 Å². The normalized spacial score (nSPS) is 26.5. The Morgan fingerprint density at radius 1 is 1.53 bits per heavy atom. The molecular weight excluding hydrogens is 232 g/mol. The summed E-state index contributed by atoms with van der Waals surface area (Å²) in [7, 11) is 0. The molecule has 0 aliphatic heterocycles. The van der Waals surface area contributed by atoms with E-state index < -0.39 is 0 Å². The third-order valence-electron chi connectivity index (χ3n) is 2.93. The molecule has 1 aromatic heterocycles. The maximum Gasteiger partial charge on any atom is 0.184 e. The van der Waals surface area contributed by atoms with Crippen LogP contribution < -0.4 is 5.32 Å². The Bertz CT molecular complexity index is 318. The first kappa shape index (κ1) is 11.2. The Morgan fingerprint density at radius 2 is 2.33 bits per heavy atom. The van der Waals surface area contributed by atoms with Crippen molar-refractivity contribution in [2.75, 3.05) is 11.9 Å². The molecule has 2 rings (SSSR count). The zero-order valence-electron chi connectivity index (χ0n) is 8.45. The molecule has 1 aromatic rings. The van der Waals surface area contributed by atoms with E-state index in [-0.39, 0.29) is 6.61 Å². The predicted molar refractivity (Wildman–Crippen MR) is 63.6 cm³/mol. The van der Waals surface area contributed by atoms with Gasteiger partial charge in [-0.3, -0.25) is 0 Å². The maximum absolute atomic E-state index is 9.26. The van der Waals surface area contributed by atoms with Gasteiger partial charge in [0, 0.05) is 23.9 Å². The Hall–Kier alpha value is -0.320. The van der Waals surface area contributed by atoms with E-state index in [0.29, 0.717) is 17.1 Å². The molecule has 0 radical (unpaired) electrons. The number of nitrogens with zero attached hydrogens (tertiary/aromatic N) is 1. The number of aliphatic hydroxyl groups excluding tert-OH is 1. The molecule has 15 heavy (non-hydrogen) atoms. The van der Waals surface area contributed by atoms with Crippen molar-refractivity contribution in [1.29, 1.82) is 0 Å². The van der Waals surface area contributed by atoms with Gasteiger partial charge in [-0.2, -0.15) is 0 Å². The van der Waals surface area contributed by atoms with E-state index in [9.17, 15) is 5.11 Å². The number of thiazole rings is 1. The van der Waals surface area contributed by atoms with Gasteiger partial charge in [-0.05, 0) is 12.8 Å². The fourth-order valence-electron chi connectivity index (χ4n) is 2.10. The fraction of sp³-hybridized carbons (Fsp3) is 0.700. The maximum atomic E-state index is 9.26. The molecule has 1 aliphatic rings. The van der Waals surface area contributed by atoms with Crippen LogP contribution in [0.5, 0.6) is 0 Å². The number of anilines is 1. The van der Waals surface area contributed by atoms with Gasteiger partial charge >= 0.3 is 0 Å². The van der Waals surface area contributed by atoms with Crippen molar-refractivity contribution in [2.24, 2.45) is 5.92 Å². The van der Waals surface area contributed by atoms with Gasteiger partial charge < -0.3 is 10.4 Å². The van der Waals surface area contributed by atoms with Gasteiger partial charge in [-0.25, -0.2) is 4.98 Å². The van der Waals surface area contributed by atoms with E-state index in [0.717, 1.165) is 18.0 Å². The van der Waals surface area contributed by atoms with Crippen molar-refractivity contribution in [3.63, 3.8) is 0 Å². The lowest BCUT2D eigenvalue weighted by Crippen LogP contribution is -2.34. The molecule has 1 aliphatic carbocycles. The molecule has 5 heteroatoms. The summed E-state index contributed by atoms with van der Waals surface area (Å²) in [4.78, 5) is 4.16. The summed E-state index contributed by atoms with van der Waals surface area (Å²) < 4.78 is 0. The second kappa shape index (κ2) is 5.14. The Labute approximate surface area is 98.5 Å². The second-order valence-electron chi connectivity index (χ2n) is 3.95. The zero-order chi connectivity index (χ0) is 10.7. The number of hydrogen-bond donors (Lipinski definition) is 2. The SMILES string of the molecule is OCC1CCCCC1Nc1nc(Cl)cs1. The van der Waals surface area contributed by atoms with Gasteiger partial charge in [-0.1, -0.05) is 24.4 Å². The quantitative estimate of drug-likeness (QED) is 0.862. The molecule has 84 valence electrons. The first-order chi connectivity index (χ1) is 7.29. The lowest BCUT2D eigenvalue weighted by Gasteiger charge is -2.30. The molecule has 0 saturated heterocycles. The molecule has 2 atom stereocenters. The summed E-state index contributed by atoms with van der Waals surface area (Å²) in [6.45, 7) is 0.261. The van der Waals surface area contributed by atoms with Crippen molar-refractivity contribution in [3.8, 4) is 0 Å². The summed E-state index contributed by atoms with van der Waals surface area (Å²) in [6.07, 6.45) is 4.67. The van der Waals surface area contributed by atoms with Gasteiger partial charge in [0.05, 0.1) is 0 Å². The van der Waals surface area contributed by atoms with Crippen molar-refractivity contribution in [2.45, 2.75) is 31.7 Å². The Kier molecular flexibility index (Phi) is 3.83. The molecule has 0 spiro atoms. The van der Waals surface area contributed by atoms with Crippen molar-refractivity contribution >= 4 is 28.1 Å². The Morgan fingerprint density at radius 3 is 3.00 bits per heavy atom. The fourth-order valence-corrected chi connectivity index (χ4v) is 3.00. The molecule has 3 nitrogen and oxygen atoms in total. The summed E-state index contributed by atoms with van der Waals surface area (Å²) in [6, 6.07) is 0.353. The molecular formula is C10H15ClN2OS. The van der Waals surface area contributed by atoms with Crippen LogP contribution in [0.2, 0.25) is 5.15 Å². The van der Waals surface area contributed by atoms with Crippen LogP contribution in [-0.2, 0) is 0 Å². The molecule has 0 amide bonds. The van der Waals surface area contributed by atoms with Crippen LogP contribution in [0.3, 0.4) is 0 Å². The van der Waals surface area contributed by atoms with Crippen LogP contribution in [0.4, 0.5) is 5.13 Å². The highest BCUT2D eigenvalue weighted by Gasteiger charge is 2.24. The van der Waals surface area contributed by atoms with Crippen molar-refractivity contribution in [1.82, 2.24) is 4.98 Å². The minimum atomic E-state index is 0.261. The van der Waals surface area contributed by atoms with Crippen LogP contribution in [0.15, 0.2) is 5.38 Å². The number of aliphatic hydroxyl groups is 1. The predicted octanol–water partition coefficient (Wildman–Crippen LogP) is 2.76. The average Bonchev–Trinajstić information content (AvgIpc) is 2.65. The number of halogens is 1. The monoisotopic (exact) mass is 246 g/mol. The third-order valence-corrected chi connectivity index (χ3v) is 4.03. The van der Waals surface area contributed by atoms with E-state index in [1.807, 2.05) is 5.38 Å². The number of rotatable bonds is 3. The van der Waals surface area contributed by atoms with Crippen LogP contribution in [0.25, 0.3) is 0 Å². The smallest absolute Gasteiger partial charge is 0.184 e. The second-order valence-corrected chi connectivity index (χ2v) is 5.20. The standard InChI is InChI=1S/C10H15ClN2OS/c11-9-6-15-10(13-9)12-8-4-2-1-3-7(8)5-14/h6-8,14H,1-5H2,(H,12,13). The molecule has 1 fully saturated rings. The molecule has 0 bridgehead atoms. The topological polar surface area (TPSA) is 45.1 Å². The van der Waals surface area contributed by atoms with Crippen molar-refractivity contribution < 1.29 is 5.11 Å². The highest BCUT2D eigenvalue weighted by Crippen LogP contribution is 2.28. The Balaban J connectivity index is 1.97. The van der Waals surface area contributed by atoms with Gasteiger partial charge in [0.25, 0.3) is 0 Å². The summed E-state index contributed by atoms with van der Waals surface area (Å²) in [5, 5.41) is 15.9. The van der Waals surface area contributed by atoms with Crippen LogP contribution >= 0.6 is 22.9 Å². The zero-order valence-corrected chi connectivity index (χ0v) is 10.0. The largest absolute Gasteiger partial charge is 0.396 e. The molecule has 1 heterocycles.